The molecule has 72 valence electrons. The fourth-order valence-corrected chi connectivity index (χ4v) is 2.45. The van der Waals surface area contributed by atoms with E-state index in [2.05, 4.69) is 10.4 Å². The van der Waals surface area contributed by atoms with Gasteiger partial charge in [-0.1, -0.05) is 0 Å². The van der Waals surface area contributed by atoms with Crippen molar-refractivity contribution in [1.29, 1.82) is 0 Å². The summed E-state index contributed by atoms with van der Waals surface area (Å²) in [6.07, 6.45) is 6.14. The third-order valence-electron chi connectivity index (χ3n) is 2.33. The molecule has 1 aliphatic rings. The Labute approximate surface area is 88.1 Å². The van der Waals surface area contributed by atoms with Crippen molar-refractivity contribution in [2.45, 2.75) is 32.1 Å². The molecule has 0 N–H and O–H groups in total. The van der Waals surface area contributed by atoms with E-state index in [1.165, 1.54) is 30.0 Å². The van der Waals surface area contributed by atoms with Crippen molar-refractivity contribution in [3.63, 3.8) is 0 Å². The molecule has 0 bridgehead atoms. The van der Waals surface area contributed by atoms with Crippen LogP contribution in [0.3, 0.4) is 0 Å². The molecule has 0 unspecified atom stereocenters. The molecule has 1 nitrogen and oxygen atoms in total. The van der Waals surface area contributed by atoms with Crippen molar-refractivity contribution < 1.29 is 0 Å². The predicted octanol–water partition coefficient (Wildman–Crippen LogP) is 3.27. The summed E-state index contributed by atoms with van der Waals surface area (Å²) in [5, 5.41) is 3.51. The lowest BCUT2D eigenvalue weighted by atomic mass is 10.3. The van der Waals surface area contributed by atoms with Crippen molar-refractivity contribution in [3.8, 4) is 0 Å². The highest BCUT2D eigenvalue weighted by Gasteiger charge is 2.22. The van der Waals surface area contributed by atoms with Gasteiger partial charge in [0.2, 0.25) is 0 Å². The van der Waals surface area contributed by atoms with Gasteiger partial charge in [0.15, 0.2) is 0 Å². The van der Waals surface area contributed by atoms with Gasteiger partial charge in [0.25, 0.3) is 0 Å². The van der Waals surface area contributed by atoms with Crippen molar-refractivity contribution in [2.75, 3.05) is 5.88 Å². The first-order chi connectivity index (χ1) is 6.38. The lowest BCUT2D eigenvalue weighted by molar-refractivity contribution is 0.808. The molecule has 0 aliphatic heterocycles. The van der Waals surface area contributed by atoms with Gasteiger partial charge in [-0.15, -0.1) is 22.9 Å². The van der Waals surface area contributed by atoms with E-state index in [1.807, 2.05) is 11.3 Å². The molecule has 13 heavy (non-hydrogen) atoms. The minimum atomic E-state index is 0.746. The number of thiazole rings is 1. The number of alkyl halides is 1. The molecule has 0 aromatic carbocycles. The zero-order valence-electron chi connectivity index (χ0n) is 7.63. The SMILES string of the molecule is ClCCCc1csc(CC2CC2)n1. The van der Waals surface area contributed by atoms with Crippen LogP contribution in [-0.4, -0.2) is 10.9 Å². The topological polar surface area (TPSA) is 12.9 Å². The van der Waals surface area contributed by atoms with E-state index in [0.29, 0.717) is 0 Å². The smallest absolute Gasteiger partial charge is 0.0931 e. The quantitative estimate of drug-likeness (QED) is 0.688. The Kier molecular flexibility index (Phi) is 3.23. The highest BCUT2D eigenvalue weighted by molar-refractivity contribution is 7.09. The van der Waals surface area contributed by atoms with Crippen molar-refractivity contribution in [1.82, 2.24) is 4.98 Å². The molecule has 1 aromatic heterocycles. The summed E-state index contributed by atoms with van der Waals surface area (Å²) in [7, 11) is 0. The fourth-order valence-electron chi connectivity index (χ4n) is 1.37. The Balaban J connectivity index is 1.84. The summed E-state index contributed by atoms with van der Waals surface area (Å²) < 4.78 is 0. The minimum Gasteiger partial charge on any atom is -0.246 e. The second-order valence-electron chi connectivity index (χ2n) is 3.67. The van der Waals surface area contributed by atoms with Crippen LogP contribution in [0.15, 0.2) is 5.38 Å². The van der Waals surface area contributed by atoms with Gasteiger partial charge in [0, 0.05) is 17.7 Å². The summed E-state index contributed by atoms with van der Waals surface area (Å²) in [6.45, 7) is 0. The Hall–Kier alpha value is -0.0800. The Morgan fingerprint density at radius 3 is 3.08 bits per heavy atom. The number of nitrogens with zero attached hydrogens (tertiary/aromatic N) is 1. The van der Waals surface area contributed by atoms with E-state index in [0.717, 1.165) is 24.6 Å². The second-order valence-corrected chi connectivity index (χ2v) is 4.99. The molecule has 0 atom stereocenters. The minimum absolute atomic E-state index is 0.746. The molecule has 1 saturated carbocycles. The van der Waals surface area contributed by atoms with Gasteiger partial charge >= 0.3 is 0 Å². The van der Waals surface area contributed by atoms with E-state index in [-0.39, 0.29) is 0 Å². The molecule has 0 spiro atoms. The van der Waals surface area contributed by atoms with Crippen molar-refractivity contribution in [3.05, 3.63) is 16.1 Å². The van der Waals surface area contributed by atoms with Gasteiger partial charge in [-0.2, -0.15) is 0 Å². The summed E-state index contributed by atoms with van der Waals surface area (Å²) in [5.74, 6) is 1.70. The van der Waals surface area contributed by atoms with Crippen LogP contribution in [0.1, 0.15) is 30.0 Å². The van der Waals surface area contributed by atoms with Gasteiger partial charge in [-0.3, -0.25) is 0 Å². The Morgan fingerprint density at radius 1 is 1.54 bits per heavy atom. The van der Waals surface area contributed by atoms with Gasteiger partial charge in [0.05, 0.1) is 10.7 Å². The summed E-state index contributed by atoms with van der Waals surface area (Å²) in [5.41, 5.74) is 1.24. The number of aryl methyl sites for hydroxylation is 1. The molecule has 2 rings (SSSR count). The van der Waals surface area contributed by atoms with Crippen LogP contribution in [0.5, 0.6) is 0 Å². The molecule has 1 aliphatic carbocycles. The molecular weight excluding hydrogens is 202 g/mol. The highest BCUT2D eigenvalue weighted by Crippen LogP contribution is 2.33. The highest BCUT2D eigenvalue weighted by atomic mass is 35.5. The van der Waals surface area contributed by atoms with Crippen LogP contribution in [0.4, 0.5) is 0 Å². The molecular formula is C10H14ClNS. The van der Waals surface area contributed by atoms with Gasteiger partial charge in [-0.25, -0.2) is 4.98 Å². The molecule has 0 saturated heterocycles. The van der Waals surface area contributed by atoms with Crippen LogP contribution in [0.2, 0.25) is 0 Å². The number of rotatable bonds is 5. The van der Waals surface area contributed by atoms with Crippen molar-refractivity contribution >= 4 is 22.9 Å². The maximum absolute atomic E-state index is 5.63. The first-order valence-electron chi connectivity index (χ1n) is 4.87. The molecule has 1 aromatic rings. The van der Waals surface area contributed by atoms with Crippen LogP contribution in [-0.2, 0) is 12.8 Å². The van der Waals surface area contributed by atoms with Crippen LogP contribution < -0.4 is 0 Å². The van der Waals surface area contributed by atoms with E-state index < -0.39 is 0 Å². The van der Waals surface area contributed by atoms with E-state index in [4.69, 9.17) is 11.6 Å². The monoisotopic (exact) mass is 215 g/mol. The van der Waals surface area contributed by atoms with Gasteiger partial charge < -0.3 is 0 Å². The van der Waals surface area contributed by atoms with Crippen LogP contribution >= 0.6 is 22.9 Å². The zero-order valence-corrected chi connectivity index (χ0v) is 9.20. The summed E-state index contributed by atoms with van der Waals surface area (Å²) >= 11 is 7.44. The average Bonchev–Trinajstić information content (AvgIpc) is 2.81. The number of halogens is 1. The molecule has 1 heterocycles. The fraction of sp³-hybridized carbons (Fsp3) is 0.700. The molecule has 1 fully saturated rings. The van der Waals surface area contributed by atoms with Crippen molar-refractivity contribution in [2.24, 2.45) is 5.92 Å². The maximum atomic E-state index is 5.63. The molecule has 3 heteroatoms. The van der Waals surface area contributed by atoms with Crippen LogP contribution in [0.25, 0.3) is 0 Å². The summed E-state index contributed by atoms with van der Waals surface area (Å²) in [6, 6.07) is 0. The van der Waals surface area contributed by atoms with E-state index >= 15 is 0 Å². The van der Waals surface area contributed by atoms with Gasteiger partial charge in [0.1, 0.15) is 0 Å². The number of hydrogen-bond acceptors (Lipinski definition) is 2. The van der Waals surface area contributed by atoms with E-state index in [9.17, 15) is 0 Å². The third-order valence-corrected chi connectivity index (χ3v) is 3.51. The maximum Gasteiger partial charge on any atom is 0.0931 e. The first-order valence-corrected chi connectivity index (χ1v) is 6.29. The van der Waals surface area contributed by atoms with E-state index in [1.54, 1.807) is 0 Å². The predicted molar refractivity (Wildman–Crippen MR) is 57.6 cm³/mol. The number of aromatic nitrogens is 1. The molecule has 0 radical (unpaired) electrons. The summed E-state index contributed by atoms with van der Waals surface area (Å²) in [4.78, 5) is 4.59. The normalized spacial score (nSPS) is 16.4. The Morgan fingerprint density at radius 2 is 2.38 bits per heavy atom. The third kappa shape index (κ3) is 2.96. The number of hydrogen-bond donors (Lipinski definition) is 0. The second kappa shape index (κ2) is 4.43. The Bertz CT molecular complexity index is 268. The first kappa shape index (κ1) is 9.47. The molecule has 0 amide bonds. The largest absolute Gasteiger partial charge is 0.246 e. The lowest BCUT2D eigenvalue weighted by Gasteiger charge is -1.92. The average molecular weight is 216 g/mol. The van der Waals surface area contributed by atoms with Gasteiger partial charge in [-0.05, 0) is 31.6 Å². The van der Waals surface area contributed by atoms with Crippen LogP contribution in [0, 0.1) is 5.92 Å². The lowest BCUT2D eigenvalue weighted by Crippen LogP contribution is -1.89. The zero-order chi connectivity index (χ0) is 9.10. The standard InChI is InChI=1S/C10H14ClNS/c11-5-1-2-9-7-13-10(12-9)6-8-3-4-8/h7-8H,1-6H2.